The highest BCUT2D eigenvalue weighted by molar-refractivity contribution is 7.98. The third-order valence-corrected chi connectivity index (χ3v) is 4.97. The quantitative estimate of drug-likeness (QED) is 0.418. The molecular weight excluding hydrogens is 360 g/mol. The van der Waals surface area contributed by atoms with Crippen molar-refractivity contribution in [1.82, 2.24) is 25.0 Å². The van der Waals surface area contributed by atoms with Gasteiger partial charge >= 0.3 is 0 Å². The van der Waals surface area contributed by atoms with Crippen molar-refractivity contribution >= 4 is 11.8 Å². The van der Waals surface area contributed by atoms with E-state index in [0.717, 1.165) is 16.7 Å². The number of hydrogen-bond donors (Lipinski definition) is 1. The van der Waals surface area contributed by atoms with E-state index in [1.165, 1.54) is 22.0 Å². The SMILES string of the molecule is Cc1ccc(-c2nnc(SCc3nc(-c4cccc(C)c4)no3)n2N)cc1. The molecule has 0 saturated heterocycles. The Labute approximate surface area is 160 Å². The van der Waals surface area contributed by atoms with Crippen molar-refractivity contribution < 1.29 is 4.52 Å². The van der Waals surface area contributed by atoms with Gasteiger partial charge in [0.25, 0.3) is 0 Å². The Morgan fingerprint density at radius 2 is 1.81 bits per heavy atom. The van der Waals surface area contributed by atoms with Gasteiger partial charge < -0.3 is 10.4 Å². The molecule has 2 heterocycles. The summed E-state index contributed by atoms with van der Waals surface area (Å²) in [5, 5.41) is 13.0. The zero-order chi connectivity index (χ0) is 18.8. The molecule has 7 nitrogen and oxygen atoms in total. The number of aromatic nitrogens is 5. The summed E-state index contributed by atoms with van der Waals surface area (Å²) in [4.78, 5) is 4.44. The van der Waals surface area contributed by atoms with E-state index in [9.17, 15) is 0 Å². The number of hydrogen-bond acceptors (Lipinski definition) is 7. The molecule has 8 heteroatoms. The fourth-order valence-corrected chi connectivity index (χ4v) is 3.31. The van der Waals surface area contributed by atoms with Crippen molar-refractivity contribution in [3.05, 3.63) is 65.5 Å². The molecule has 136 valence electrons. The summed E-state index contributed by atoms with van der Waals surface area (Å²) in [7, 11) is 0. The first kappa shape index (κ1) is 17.3. The second kappa shape index (κ2) is 7.24. The van der Waals surface area contributed by atoms with Gasteiger partial charge in [-0.25, -0.2) is 4.68 Å². The molecule has 0 radical (unpaired) electrons. The molecular formula is C19H18N6OS. The van der Waals surface area contributed by atoms with E-state index in [4.69, 9.17) is 10.4 Å². The Balaban J connectivity index is 1.47. The van der Waals surface area contributed by atoms with Crippen molar-refractivity contribution in [1.29, 1.82) is 0 Å². The summed E-state index contributed by atoms with van der Waals surface area (Å²) in [5.41, 5.74) is 4.17. The molecule has 2 N–H and O–H groups in total. The first-order valence-corrected chi connectivity index (χ1v) is 9.38. The number of nitrogens with two attached hydrogens (primary N) is 1. The van der Waals surface area contributed by atoms with Crippen molar-refractivity contribution in [2.45, 2.75) is 24.8 Å². The van der Waals surface area contributed by atoms with Gasteiger partial charge in [-0.3, -0.25) is 0 Å². The van der Waals surface area contributed by atoms with Gasteiger partial charge in [0.2, 0.25) is 16.9 Å². The summed E-state index contributed by atoms with van der Waals surface area (Å²) in [6.07, 6.45) is 0. The van der Waals surface area contributed by atoms with Crippen LogP contribution in [0.1, 0.15) is 17.0 Å². The summed E-state index contributed by atoms with van der Waals surface area (Å²) >= 11 is 1.40. The summed E-state index contributed by atoms with van der Waals surface area (Å²) in [6, 6.07) is 16.0. The lowest BCUT2D eigenvalue weighted by molar-refractivity contribution is 0.391. The van der Waals surface area contributed by atoms with E-state index in [-0.39, 0.29) is 0 Å². The minimum Gasteiger partial charge on any atom is -0.338 e. The maximum Gasteiger partial charge on any atom is 0.237 e. The zero-order valence-electron chi connectivity index (χ0n) is 15.0. The van der Waals surface area contributed by atoms with E-state index >= 15 is 0 Å². The van der Waals surface area contributed by atoms with Crippen LogP contribution in [-0.2, 0) is 5.75 Å². The van der Waals surface area contributed by atoms with Gasteiger partial charge in [0.1, 0.15) is 0 Å². The maximum absolute atomic E-state index is 6.15. The van der Waals surface area contributed by atoms with Crippen molar-refractivity contribution in [3.8, 4) is 22.8 Å². The van der Waals surface area contributed by atoms with Crippen LogP contribution in [0.15, 0.2) is 58.2 Å². The number of nitrogens with zero attached hydrogens (tertiary/aromatic N) is 5. The van der Waals surface area contributed by atoms with Crippen LogP contribution in [0.25, 0.3) is 22.8 Å². The molecule has 2 aromatic carbocycles. The summed E-state index contributed by atoms with van der Waals surface area (Å²) in [5.74, 6) is 8.31. The predicted molar refractivity (Wildman–Crippen MR) is 104 cm³/mol. The molecule has 0 spiro atoms. The number of aryl methyl sites for hydroxylation is 2. The maximum atomic E-state index is 6.15. The van der Waals surface area contributed by atoms with Crippen LogP contribution in [0.4, 0.5) is 0 Å². The van der Waals surface area contributed by atoms with Gasteiger partial charge in [-0.15, -0.1) is 10.2 Å². The highest BCUT2D eigenvalue weighted by Gasteiger charge is 2.15. The van der Waals surface area contributed by atoms with Crippen LogP contribution in [0.3, 0.4) is 0 Å². The van der Waals surface area contributed by atoms with E-state index in [1.807, 2.05) is 62.4 Å². The Morgan fingerprint density at radius 1 is 1.00 bits per heavy atom. The van der Waals surface area contributed by atoms with Gasteiger partial charge in [0, 0.05) is 11.1 Å². The average Bonchev–Trinajstić information content (AvgIpc) is 3.28. The fourth-order valence-electron chi connectivity index (χ4n) is 2.62. The molecule has 0 aliphatic heterocycles. The van der Waals surface area contributed by atoms with Gasteiger partial charge in [-0.1, -0.05) is 70.5 Å². The average molecular weight is 378 g/mol. The van der Waals surface area contributed by atoms with E-state index in [0.29, 0.717) is 28.4 Å². The molecule has 0 saturated carbocycles. The van der Waals surface area contributed by atoms with Gasteiger partial charge in [-0.2, -0.15) is 4.98 Å². The Morgan fingerprint density at radius 3 is 2.59 bits per heavy atom. The highest BCUT2D eigenvalue weighted by atomic mass is 32.2. The number of thioether (sulfide) groups is 1. The molecule has 0 aliphatic carbocycles. The number of nitrogen functional groups attached to an aromatic ring is 1. The van der Waals surface area contributed by atoms with Gasteiger partial charge in [0.05, 0.1) is 5.75 Å². The molecule has 0 bridgehead atoms. The lowest BCUT2D eigenvalue weighted by atomic mass is 10.1. The molecule has 2 aromatic heterocycles. The smallest absolute Gasteiger partial charge is 0.237 e. The number of benzene rings is 2. The van der Waals surface area contributed by atoms with Gasteiger partial charge in [0.15, 0.2) is 5.82 Å². The number of rotatable bonds is 5. The summed E-state index contributed by atoms with van der Waals surface area (Å²) < 4.78 is 6.82. The van der Waals surface area contributed by atoms with E-state index < -0.39 is 0 Å². The van der Waals surface area contributed by atoms with Crippen LogP contribution in [0.5, 0.6) is 0 Å². The van der Waals surface area contributed by atoms with Crippen LogP contribution in [0, 0.1) is 13.8 Å². The summed E-state index contributed by atoms with van der Waals surface area (Å²) in [6.45, 7) is 4.06. The first-order chi connectivity index (χ1) is 13.1. The third kappa shape index (κ3) is 3.70. The minimum atomic E-state index is 0.460. The molecule has 0 fully saturated rings. The molecule has 0 unspecified atom stereocenters. The van der Waals surface area contributed by atoms with Crippen LogP contribution in [-0.4, -0.2) is 25.0 Å². The van der Waals surface area contributed by atoms with Crippen LogP contribution >= 0.6 is 11.8 Å². The normalized spacial score (nSPS) is 11.0. The fraction of sp³-hybridized carbons (Fsp3) is 0.158. The van der Waals surface area contributed by atoms with Crippen molar-refractivity contribution in [2.24, 2.45) is 0 Å². The lowest BCUT2D eigenvalue weighted by Gasteiger charge is -2.03. The second-order valence-electron chi connectivity index (χ2n) is 6.21. The molecule has 0 atom stereocenters. The van der Waals surface area contributed by atoms with E-state index in [1.54, 1.807) is 0 Å². The topological polar surface area (TPSA) is 95.6 Å². The standard InChI is InChI=1S/C19H18N6OS/c1-12-6-8-14(9-7-12)18-22-23-19(25(18)20)27-11-16-21-17(24-26-16)15-5-3-4-13(2)10-15/h3-10H,11,20H2,1-2H3. The third-order valence-electron chi connectivity index (χ3n) is 4.04. The lowest BCUT2D eigenvalue weighted by Crippen LogP contribution is -2.11. The predicted octanol–water partition coefficient (Wildman–Crippen LogP) is 3.62. The highest BCUT2D eigenvalue weighted by Crippen LogP contribution is 2.25. The minimum absolute atomic E-state index is 0.460. The van der Waals surface area contributed by atoms with E-state index in [2.05, 4.69) is 20.3 Å². The molecule has 27 heavy (non-hydrogen) atoms. The molecule has 0 amide bonds. The Hall–Kier alpha value is -3.13. The molecule has 4 rings (SSSR count). The van der Waals surface area contributed by atoms with Crippen molar-refractivity contribution in [3.63, 3.8) is 0 Å². The largest absolute Gasteiger partial charge is 0.338 e. The second-order valence-corrected chi connectivity index (χ2v) is 7.15. The monoisotopic (exact) mass is 378 g/mol. The van der Waals surface area contributed by atoms with Crippen LogP contribution < -0.4 is 5.84 Å². The Kier molecular flexibility index (Phi) is 4.64. The Bertz CT molecular complexity index is 1070. The van der Waals surface area contributed by atoms with Gasteiger partial charge in [-0.05, 0) is 19.9 Å². The first-order valence-electron chi connectivity index (χ1n) is 8.40. The molecule has 4 aromatic rings. The van der Waals surface area contributed by atoms with Crippen LogP contribution in [0.2, 0.25) is 0 Å². The van der Waals surface area contributed by atoms with Crippen molar-refractivity contribution in [2.75, 3.05) is 5.84 Å². The zero-order valence-corrected chi connectivity index (χ0v) is 15.8. The molecule has 0 aliphatic rings.